The van der Waals surface area contributed by atoms with E-state index in [0.29, 0.717) is 13.2 Å². The molecule has 4 heteroatoms. The molecule has 0 fully saturated rings. The van der Waals surface area contributed by atoms with Crippen molar-refractivity contribution in [1.29, 1.82) is 0 Å². The average molecular weight is 290 g/mol. The summed E-state index contributed by atoms with van der Waals surface area (Å²) in [7, 11) is 0. The molecule has 0 aromatic carbocycles. The van der Waals surface area contributed by atoms with E-state index in [4.69, 9.17) is 9.78 Å². The Morgan fingerprint density at radius 2 is 1.05 bits per heavy atom. The number of rotatable bonds is 15. The third kappa shape index (κ3) is 14.3. The first kappa shape index (κ1) is 19.8. The van der Waals surface area contributed by atoms with E-state index in [0.717, 1.165) is 64.2 Å². The third-order valence-electron chi connectivity index (χ3n) is 3.36. The minimum absolute atomic E-state index is 0.157. The normalized spacial score (nSPS) is 14.4. The Kier molecular flexibility index (Phi) is 15.1. The third-order valence-corrected chi connectivity index (χ3v) is 3.36. The molecule has 0 aromatic rings. The number of aliphatic hydroxyl groups is 2. The van der Waals surface area contributed by atoms with Gasteiger partial charge in [0.05, 0.1) is 25.4 Å². The highest BCUT2D eigenvalue weighted by molar-refractivity contribution is 4.55. The zero-order valence-electron chi connectivity index (χ0n) is 13.4. The van der Waals surface area contributed by atoms with Crippen LogP contribution in [0.3, 0.4) is 0 Å². The van der Waals surface area contributed by atoms with Crippen molar-refractivity contribution in [2.24, 2.45) is 0 Å². The maximum absolute atomic E-state index is 9.54. The van der Waals surface area contributed by atoms with Crippen molar-refractivity contribution in [3.05, 3.63) is 0 Å². The molecule has 0 rings (SSSR count). The lowest BCUT2D eigenvalue weighted by Gasteiger charge is -2.09. The SMILES string of the molecule is CCCC(O)CCCCOOCCCCC(O)CCC. The summed E-state index contributed by atoms with van der Waals surface area (Å²) in [5, 5.41) is 19.1. The predicted octanol–water partition coefficient (Wildman–Crippen LogP) is 3.60. The molecular weight excluding hydrogens is 256 g/mol. The molecule has 0 aliphatic rings. The smallest absolute Gasteiger partial charge is 0.0822 e. The second kappa shape index (κ2) is 15.2. The van der Waals surface area contributed by atoms with E-state index in [1.807, 2.05) is 0 Å². The van der Waals surface area contributed by atoms with Crippen molar-refractivity contribution in [1.82, 2.24) is 0 Å². The second-order valence-corrected chi connectivity index (χ2v) is 5.52. The van der Waals surface area contributed by atoms with Crippen LogP contribution < -0.4 is 0 Å². The van der Waals surface area contributed by atoms with Crippen LogP contribution in [0.1, 0.15) is 78.1 Å². The molecule has 0 spiro atoms. The van der Waals surface area contributed by atoms with E-state index in [9.17, 15) is 10.2 Å². The highest BCUT2D eigenvalue weighted by Crippen LogP contribution is 2.08. The van der Waals surface area contributed by atoms with E-state index < -0.39 is 0 Å². The summed E-state index contributed by atoms with van der Waals surface area (Å²) in [5.41, 5.74) is 0. The summed E-state index contributed by atoms with van der Waals surface area (Å²) in [5.74, 6) is 0. The van der Waals surface area contributed by atoms with Gasteiger partial charge in [-0.15, -0.1) is 0 Å². The molecule has 20 heavy (non-hydrogen) atoms. The summed E-state index contributed by atoms with van der Waals surface area (Å²) < 4.78 is 0. The summed E-state index contributed by atoms with van der Waals surface area (Å²) in [4.78, 5) is 10.2. The summed E-state index contributed by atoms with van der Waals surface area (Å²) in [6.45, 7) is 5.36. The van der Waals surface area contributed by atoms with Crippen molar-refractivity contribution < 1.29 is 20.0 Å². The lowest BCUT2D eigenvalue weighted by molar-refractivity contribution is -0.295. The number of unbranched alkanes of at least 4 members (excludes halogenated alkanes) is 2. The first-order chi connectivity index (χ1) is 9.70. The van der Waals surface area contributed by atoms with E-state index >= 15 is 0 Å². The van der Waals surface area contributed by atoms with E-state index in [1.165, 1.54) is 0 Å². The largest absolute Gasteiger partial charge is 0.393 e. The Hall–Kier alpha value is -0.160. The highest BCUT2D eigenvalue weighted by atomic mass is 17.2. The van der Waals surface area contributed by atoms with Gasteiger partial charge >= 0.3 is 0 Å². The molecule has 4 nitrogen and oxygen atoms in total. The van der Waals surface area contributed by atoms with Gasteiger partial charge in [0.1, 0.15) is 0 Å². The molecule has 0 aliphatic heterocycles. The number of hydrogen-bond donors (Lipinski definition) is 2. The lowest BCUT2D eigenvalue weighted by atomic mass is 10.1. The molecule has 2 unspecified atom stereocenters. The van der Waals surface area contributed by atoms with Crippen molar-refractivity contribution in [2.75, 3.05) is 13.2 Å². The highest BCUT2D eigenvalue weighted by Gasteiger charge is 2.03. The van der Waals surface area contributed by atoms with Crippen LogP contribution >= 0.6 is 0 Å². The zero-order valence-corrected chi connectivity index (χ0v) is 13.4. The molecule has 2 N–H and O–H groups in total. The maximum Gasteiger partial charge on any atom is 0.0822 e. The summed E-state index contributed by atoms with van der Waals surface area (Å²) in [6.07, 6.45) is 9.06. The molecule has 0 saturated carbocycles. The van der Waals surface area contributed by atoms with Crippen molar-refractivity contribution in [2.45, 2.75) is 90.3 Å². The molecular formula is C16H34O4. The molecule has 0 bridgehead atoms. The molecule has 122 valence electrons. The lowest BCUT2D eigenvalue weighted by Crippen LogP contribution is -2.07. The van der Waals surface area contributed by atoms with Crippen LogP contribution in [-0.4, -0.2) is 35.6 Å². The Labute approximate surface area is 124 Å². The molecule has 0 amide bonds. The topological polar surface area (TPSA) is 58.9 Å². The van der Waals surface area contributed by atoms with Crippen molar-refractivity contribution in [3.8, 4) is 0 Å². The second-order valence-electron chi connectivity index (χ2n) is 5.52. The molecule has 0 radical (unpaired) electrons. The fourth-order valence-electron chi connectivity index (χ4n) is 2.15. The van der Waals surface area contributed by atoms with Gasteiger partial charge in [0.25, 0.3) is 0 Å². The van der Waals surface area contributed by atoms with E-state index in [2.05, 4.69) is 13.8 Å². The van der Waals surface area contributed by atoms with Crippen LogP contribution in [0.5, 0.6) is 0 Å². The number of aliphatic hydroxyl groups excluding tert-OH is 2. The van der Waals surface area contributed by atoms with Crippen molar-refractivity contribution >= 4 is 0 Å². The van der Waals surface area contributed by atoms with Crippen molar-refractivity contribution in [3.63, 3.8) is 0 Å². The van der Waals surface area contributed by atoms with Gasteiger partial charge < -0.3 is 10.2 Å². The van der Waals surface area contributed by atoms with Gasteiger partial charge in [-0.25, -0.2) is 9.78 Å². The summed E-state index contributed by atoms with van der Waals surface area (Å²) in [6, 6.07) is 0. The molecule has 0 heterocycles. The molecule has 0 aliphatic carbocycles. The van der Waals surface area contributed by atoms with Crippen LogP contribution in [0, 0.1) is 0 Å². The Balaban J connectivity index is 3.10. The van der Waals surface area contributed by atoms with E-state index in [1.54, 1.807) is 0 Å². The minimum Gasteiger partial charge on any atom is -0.393 e. The summed E-state index contributed by atoms with van der Waals surface area (Å²) >= 11 is 0. The van der Waals surface area contributed by atoms with E-state index in [-0.39, 0.29) is 12.2 Å². The van der Waals surface area contributed by atoms with Gasteiger partial charge in [-0.3, -0.25) is 0 Å². The maximum atomic E-state index is 9.54. The van der Waals surface area contributed by atoms with Gasteiger partial charge in [0.2, 0.25) is 0 Å². The van der Waals surface area contributed by atoms with Gasteiger partial charge in [0, 0.05) is 0 Å². The van der Waals surface area contributed by atoms with Crippen LogP contribution in [0.4, 0.5) is 0 Å². The Bertz CT molecular complexity index is 167. The van der Waals surface area contributed by atoms with Crippen LogP contribution in [-0.2, 0) is 9.78 Å². The van der Waals surface area contributed by atoms with Gasteiger partial charge in [0.15, 0.2) is 0 Å². The standard InChI is InChI=1S/C16H34O4/c1-3-9-15(17)11-5-7-13-19-20-14-8-6-12-16(18)10-4-2/h15-18H,3-14H2,1-2H3. The average Bonchev–Trinajstić information content (AvgIpc) is 2.41. The minimum atomic E-state index is -0.157. The fourth-order valence-corrected chi connectivity index (χ4v) is 2.15. The molecule has 0 aromatic heterocycles. The Morgan fingerprint density at radius 1 is 0.650 bits per heavy atom. The van der Waals surface area contributed by atoms with Crippen LogP contribution in [0.15, 0.2) is 0 Å². The molecule has 2 atom stereocenters. The number of hydrogen-bond acceptors (Lipinski definition) is 4. The van der Waals surface area contributed by atoms with Gasteiger partial charge in [-0.2, -0.15) is 0 Å². The van der Waals surface area contributed by atoms with Crippen LogP contribution in [0.2, 0.25) is 0 Å². The Morgan fingerprint density at radius 3 is 1.40 bits per heavy atom. The quantitative estimate of drug-likeness (QED) is 0.275. The molecule has 0 saturated heterocycles. The van der Waals surface area contributed by atoms with Gasteiger partial charge in [-0.05, 0) is 51.4 Å². The predicted molar refractivity (Wildman–Crippen MR) is 81.4 cm³/mol. The van der Waals surface area contributed by atoms with Gasteiger partial charge in [-0.1, -0.05) is 26.7 Å². The van der Waals surface area contributed by atoms with Crippen LogP contribution in [0.25, 0.3) is 0 Å². The first-order valence-electron chi connectivity index (χ1n) is 8.31. The monoisotopic (exact) mass is 290 g/mol. The fraction of sp³-hybridized carbons (Fsp3) is 1.00. The zero-order chi connectivity index (χ0) is 15.1. The first-order valence-corrected chi connectivity index (χ1v) is 8.31.